The predicted molar refractivity (Wildman–Crippen MR) is 76.9 cm³/mol. The van der Waals surface area contributed by atoms with E-state index in [4.69, 9.17) is 0 Å². The summed E-state index contributed by atoms with van der Waals surface area (Å²) in [5.41, 5.74) is 1.25. The van der Waals surface area contributed by atoms with Crippen LogP contribution in [0.3, 0.4) is 0 Å². The standard InChI is InChI=1S/C15H21NOS/c1-11(2)16(13-8-9-13)15(17)10-18-14-7-5-4-6-12(14)3/h4-7,11,13H,8-10H2,1-3H3. The Morgan fingerprint density at radius 3 is 2.61 bits per heavy atom. The Morgan fingerprint density at radius 1 is 1.39 bits per heavy atom. The number of carbonyl (C=O) groups is 1. The SMILES string of the molecule is Cc1ccccc1SCC(=O)N(C(C)C)C1CC1. The molecule has 0 atom stereocenters. The normalized spacial score (nSPS) is 14.9. The summed E-state index contributed by atoms with van der Waals surface area (Å²) in [5, 5.41) is 0. The van der Waals surface area contributed by atoms with Crippen molar-refractivity contribution in [1.82, 2.24) is 4.90 Å². The highest BCUT2D eigenvalue weighted by Crippen LogP contribution is 2.30. The number of thioether (sulfide) groups is 1. The van der Waals surface area contributed by atoms with Crippen LogP contribution in [0.1, 0.15) is 32.3 Å². The number of nitrogens with zero attached hydrogens (tertiary/aromatic N) is 1. The summed E-state index contributed by atoms with van der Waals surface area (Å²) in [6.45, 7) is 6.30. The van der Waals surface area contributed by atoms with Crippen molar-refractivity contribution >= 4 is 17.7 Å². The number of hydrogen-bond acceptors (Lipinski definition) is 2. The molecule has 0 heterocycles. The molecule has 2 nitrogen and oxygen atoms in total. The molecule has 1 saturated carbocycles. The Labute approximate surface area is 114 Å². The lowest BCUT2D eigenvalue weighted by molar-refractivity contribution is -0.130. The summed E-state index contributed by atoms with van der Waals surface area (Å²) in [5.74, 6) is 0.834. The lowest BCUT2D eigenvalue weighted by atomic mass is 10.2. The van der Waals surface area contributed by atoms with Crippen molar-refractivity contribution in [3.05, 3.63) is 29.8 Å². The summed E-state index contributed by atoms with van der Waals surface area (Å²) < 4.78 is 0. The molecule has 3 heteroatoms. The smallest absolute Gasteiger partial charge is 0.233 e. The number of hydrogen-bond donors (Lipinski definition) is 0. The fourth-order valence-electron chi connectivity index (χ4n) is 2.20. The van der Waals surface area contributed by atoms with Crippen LogP contribution in [0, 0.1) is 6.92 Å². The number of amides is 1. The molecular weight excluding hydrogens is 242 g/mol. The van der Waals surface area contributed by atoms with Crippen LogP contribution in [-0.2, 0) is 4.79 Å². The quantitative estimate of drug-likeness (QED) is 0.758. The molecule has 2 rings (SSSR count). The Balaban J connectivity index is 1.93. The molecule has 98 valence electrons. The first kappa shape index (κ1) is 13.5. The Bertz CT molecular complexity index is 424. The molecule has 0 spiro atoms. The van der Waals surface area contributed by atoms with Crippen LogP contribution in [0.5, 0.6) is 0 Å². The Morgan fingerprint density at radius 2 is 2.06 bits per heavy atom. The van der Waals surface area contributed by atoms with Gasteiger partial charge in [-0.2, -0.15) is 0 Å². The number of aryl methyl sites for hydroxylation is 1. The van der Waals surface area contributed by atoms with Crippen LogP contribution in [0.4, 0.5) is 0 Å². The third kappa shape index (κ3) is 3.29. The zero-order valence-electron chi connectivity index (χ0n) is 11.3. The molecule has 0 bridgehead atoms. The van der Waals surface area contributed by atoms with Crippen LogP contribution in [0.25, 0.3) is 0 Å². The van der Waals surface area contributed by atoms with Gasteiger partial charge < -0.3 is 4.90 Å². The minimum Gasteiger partial charge on any atom is -0.337 e. The largest absolute Gasteiger partial charge is 0.337 e. The monoisotopic (exact) mass is 263 g/mol. The first-order chi connectivity index (χ1) is 8.59. The second kappa shape index (κ2) is 5.79. The maximum absolute atomic E-state index is 12.3. The van der Waals surface area contributed by atoms with E-state index >= 15 is 0 Å². The molecule has 0 aliphatic heterocycles. The van der Waals surface area contributed by atoms with Gasteiger partial charge in [0, 0.05) is 17.0 Å². The van der Waals surface area contributed by atoms with Crippen LogP contribution >= 0.6 is 11.8 Å². The molecule has 1 aromatic carbocycles. The molecule has 18 heavy (non-hydrogen) atoms. The van der Waals surface area contributed by atoms with E-state index in [1.807, 2.05) is 12.1 Å². The number of benzene rings is 1. The zero-order valence-corrected chi connectivity index (χ0v) is 12.2. The fraction of sp³-hybridized carbons (Fsp3) is 0.533. The van der Waals surface area contributed by atoms with E-state index in [1.165, 1.54) is 23.3 Å². The van der Waals surface area contributed by atoms with Crippen molar-refractivity contribution in [3.8, 4) is 0 Å². The average molecular weight is 263 g/mol. The highest BCUT2D eigenvalue weighted by molar-refractivity contribution is 8.00. The highest BCUT2D eigenvalue weighted by Gasteiger charge is 2.33. The Kier molecular flexibility index (Phi) is 4.33. The molecule has 1 aromatic rings. The molecule has 0 unspecified atom stereocenters. The summed E-state index contributed by atoms with van der Waals surface area (Å²) in [6.07, 6.45) is 2.36. The maximum Gasteiger partial charge on any atom is 0.233 e. The summed E-state index contributed by atoms with van der Waals surface area (Å²) >= 11 is 1.65. The number of carbonyl (C=O) groups excluding carboxylic acids is 1. The van der Waals surface area contributed by atoms with E-state index in [-0.39, 0.29) is 5.91 Å². The highest BCUT2D eigenvalue weighted by atomic mass is 32.2. The van der Waals surface area contributed by atoms with Gasteiger partial charge in [0.1, 0.15) is 0 Å². The van der Waals surface area contributed by atoms with Gasteiger partial charge in [0.05, 0.1) is 5.75 Å². The van der Waals surface area contributed by atoms with E-state index in [0.717, 1.165) is 0 Å². The van der Waals surface area contributed by atoms with Crippen molar-refractivity contribution < 1.29 is 4.79 Å². The maximum atomic E-state index is 12.3. The first-order valence-corrected chi connectivity index (χ1v) is 7.57. The van der Waals surface area contributed by atoms with Gasteiger partial charge in [0.2, 0.25) is 5.91 Å². The topological polar surface area (TPSA) is 20.3 Å². The molecule has 0 saturated heterocycles. The zero-order chi connectivity index (χ0) is 13.1. The van der Waals surface area contributed by atoms with Gasteiger partial charge in [0.15, 0.2) is 0 Å². The summed E-state index contributed by atoms with van der Waals surface area (Å²) in [7, 11) is 0. The van der Waals surface area contributed by atoms with Crippen molar-refractivity contribution in [2.75, 3.05) is 5.75 Å². The average Bonchev–Trinajstić information content (AvgIpc) is 3.12. The molecule has 0 aromatic heterocycles. The third-order valence-corrected chi connectivity index (χ3v) is 4.39. The van der Waals surface area contributed by atoms with Crippen molar-refractivity contribution in [3.63, 3.8) is 0 Å². The van der Waals surface area contributed by atoms with Crippen LogP contribution in [0.15, 0.2) is 29.2 Å². The van der Waals surface area contributed by atoms with Crippen LogP contribution in [0.2, 0.25) is 0 Å². The second-order valence-electron chi connectivity index (χ2n) is 5.18. The van der Waals surface area contributed by atoms with Crippen molar-refractivity contribution in [1.29, 1.82) is 0 Å². The van der Waals surface area contributed by atoms with E-state index in [1.54, 1.807) is 11.8 Å². The van der Waals surface area contributed by atoms with Gasteiger partial charge in [0.25, 0.3) is 0 Å². The Hall–Kier alpha value is -0.960. The van der Waals surface area contributed by atoms with Gasteiger partial charge in [-0.3, -0.25) is 4.79 Å². The van der Waals surface area contributed by atoms with Gasteiger partial charge in [-0.1, -0.05) is 18.2 Å². The minimum absolute atomic E-state index is 0.278. The minimum atomic E-state index is 0.278. The molecule has 1 amide bonds. The van der Waals surface area contributed by atoms with Crippen LogP contribution < -0.4 is 0 Å². The molecular formula is C15H21NOS. The molecule has 1 fully saturated rings. The number of rotatable bonds is 5. The fourth-order valence-corrected chi connectivity index (χ4v) is 3.10. The third-order valence-electron chi connectivity index (χ3n) is 3.23. The second-order valence-corrected chi connectivity index (χ2v) is 6.20. The van der Waals surface area contributed by atoms with E-state index < -0.39 is 0 Å². The van der Waals surface area contributed by atoms with Crippen molar-refractivity contribution in [2.45, 2.75) is 50.6 Å². The predicted octanol–water partition coefficient (Wildman–Crippen LogP) is 3.49. The van der Waals surface area contributed by atoms with Gasteiger partial charge in [-0.05, 0) is 45.2 Å². The van der Waals surface area contributed by atoms with Crippen LogP contribution in [-0.4, -0.2) is 28.6 Å². The van der Waals surface area contributed by atoms with E-state index in [2.05, 4.69) is 37.8 Å². The lowest BCUT2D eigenvalue weighted by Crippen LogP contribution is -2.39. The molecule has 0 radical (unpaired) electrons. The summed E-state index contributed by atoms with van der Waals surface area (Å²) in [6, 6.07) is 9.07. The van der Waals surface area contributed by atoms with Gasteiger partial charge in [-0.15, -0.1) is 11.8 Å². The molecule has 0 N–H and O–H groups in total. The van der Waals surface area contributed by atoms with Gasteiger partial charge >= 0.3 is 0 Å². The summed E-state index contributed by atoms with van der Waals surface area (Å²) in [4.78, 5) is 15.5. The van der Waals surface area contributed by atoms with Crippen molar-refractivity contribution in [2.24, 2.45) is 0 Å². The first-order valence-electron chi connectivity index (χ1n) is 6.59. The van der Waals surface area contributed by atoms with E-state index in [0.29, 0.717) is 17.8 Å². The van der Waals surface area contributed by atoms with E-state index in [9.17, 15) is 4.79 Å². The molecule has 1 aliphatic carbocycles. The lowest BCUT2D eigenvalue weighted by Gasteiger charge is -2.26. The molecule has 1 aliphatic rings. The van der Waals surface area contributed by atoms with Gasteiger partial charge in [-0.25, -0.2) is 0 Å².